The van der Waals surface area contributed by atoms with Crippen molar-refractivity contribution < 1.29 is 19.1 Å². The molecular formula is C21H27N3O4. The molecule has 0 saturated heterocycles. The third-order valence-electron chi connectivity index (χ3n) is 4.42. The molecular weight excluding hydrogens is 358 g/mol. The summed E-state index contributed by atoms with van der Waals surface area (Å²) in [6.45, 7) is 5.88. The quantitative estimate of drug-likeness (QED) is 0.633. The van der Waals surface area contributed by atoms with Crippen LogP contribution in [0.4, 0.5) is 10.5 Å². The number of hydrogen-bond donors (Lipinski definition) is 3. The third kappa shape index (κ3) is 5.39. The van der Waals surface area contributed by atoms with E-state index in [1.807, 2.05) is 20.8 Å². The summed E-state index contributed by atoms with van der Waals surface area (Å²) in [7, 11) is 1.53. The number of benzene rings is 2. The summed E-state index contributed by atoms with van der Waals surface area (Å²) in [4.78, 5) is 23.4. The molecule has 150 valence electrons. The summed E-state index contributed by atoms with van der Waals surface area (Å²) in [6, 6.07) is 9.97. The number of nitrogens with two attached hydrogens (primary N) is 1. The van der Waals surface area contributed by atoms with E-state index in [1.54, 1.807) is 36.4 Å². The normalized spacial score (nSPS) is 10.5. The van der Waals surface area contributed by atoms with Crippen LogP contribution in [0.2, 0.25) is 0 Å². The maximum atomic E-state index is 12.1. The lowest BCUT2D eigenvalue weighted by molar-refractivity contribution is 0.1000. The highest BCUT2D eigenvalue weighted by molar-refractivity contribution is 5.93. The van der Waals surface area contributed by atoms with Gasteiger partial charge in [0.15, 0.2) is 11.5 Å². The fourth-order valence-corrected chi connectivity index (χ4v) is 2.71. The van der Waals surface area contributed by atoms with Crippen molar-refractivity contribution >= 4 is 17.6 Å². The van der Waals surface area contributed by atoms with Crippen LogP contribution in [0.1, 0.15) is 42.6 Å². The van der Waals surface area contributed by atoms with E-state index in [-0.39, 0.29) is 12.1 Å². The second kappa shape index (κ2) is 9.64. The molecule has 4 N–H and O–H groups in total. The van der Waals surface area contributed by atoms with Crippen molar-refractivity contribution in [2.75, 3.05) is 12.4 Å². The Kier molecular flexibility index (Phi) is 7.26. The summed E-state index contributed by atoms with van der Waals surface area (Å²) >= 11 is 0. The summed E-state index contributed by atoms with van der Waals surface area (Å²) in [6.07, 6.45) is 1.74. The number of hydrogen-bond acceptors (Lipinski definition) is 4. The van der Waals surface area contributed by atoms with Crippen LogP contribution in [0.5, 0.6) is 17.2 Å². The lowest BCUT2D eigenvalue weighted by Gasteiger charge is -2.17. The third-order valence-corrected chi connectivity index (χ3v) is 4.42. The van der Waals surface area contributed by atoms with Crippen LogP contribution in [-0.2, 0) is 0 Å². The zero-order chi connectivity index (χ0) is 20.7. The van der Waals surface area contributed by atoms with E-state index >= 15 is 0 Å². The van der Waals surface area contributed by atoms with Crippen molar-refractivity contribution in [1.82, 2.24) is 5.32 Å². The summed E-state index contributed by atoms with van der Waals surface area (Å²) < 4.78 is 11.3. The van der Waals surface area contributed by atoms with Crippen molar-refractivity contribution in [2.24, 2.45) is 5.73 Å². The minimum absolute atomic E-state index is 0.135. The number of ether oxygens (including phenoxy) is 2. The largest absolute Gasteiger partial charge is 0.493 e. The van der Waals surface area contributed by atoms with Gasteiger partial charge in [-0.3, -0.25) is 4.79 Å². The van der Waals surface area contributed by atoms with Gasteiger partial charge >= 0.3 is 6.03 Å². The van der Waals surface area contributed by atoms with Gasteiger partial charge in [-0.15, -0.1) is 0 Å². The number of carbonyl (C=O) groups is 2. The fourth-order valence-electron chi connectivity index (χ4n) is 2.71. The first-order valence-corrected chi connectivity index (χ1v) is 9.21. The average Bonchev–Trinajstić information content (AvgIpc) is 2.68. The van der Waals surface area contributed by atoms with E-state index in [0.29, 0.717) is 28.5 Å². The van der Waals surface area contributed by atoms with Crippen LogP contribution in [0, 0.1) is 6.92 Å². The standard InChI is InChI=1S/C21H27N3O4/c1-5-15(6-2)23-21(26)24-16-8-10-18(19(12-16)27-4)28-17-9-7-14(20(22)25)11-13(17)3/h7-12,15H,5-6H2,1-4H3,(H2,22,25)(H2,23,24,26). The molecule has 0 fully saturated rings. The number of amides is 3. The first-order chi connectivity index (χ1) is 13.4. The number of rotatable bonds is 8. The zero-order valence-corrected chi connectivity index (χ0v) is 16.7. The minimum atomic E-state index is -0.491. The maximum Gasteiger partial charge on any atom is 0.319 e. The lowest BCUT2D eigenvalue weighted by atomic mass is 10.1. The SMILES string of the molecule is CCC(CC)NC(=O)Nc1ccc(Oc2ccc(C(N)=O)cc2C)c(OC)c1. The van der Waals surface area contributed by atoms with Crippen LogP contribution >= 0.6 is 0 Å². The van der Waals surface area contributed by atoms with Crippen molar-refractivity contribution in [2.45, 2.75) is 39.7 Å². The van der Waals surface area contributed by atoms with Gasteiger partial charge in [-0.2, -0.15) is 0 Å². The highest BCUT2D eigenvalue weighted by Crippen LogP contribution is 2.35. The lowest BCUT2D eigenvalue weighted by Crippen LogP contribution is -2.37. The molecule has 3 amide bonds. The number of primary amides is 1. The number of aryl methyl sites for hydroxylation is 1. The molecule has 0 atom stereocenters. The zero-order valence-electron chi connectivity index (χ0n) is 16.7. The minimum Gasteiger partial charge on any atom is -0.493 e. The van der Waals surface area contributed by atoms with Gasteiger partial charge in [0.1, 0.15) is 5.75 Å². The molecule has 0 spiro atoms. The van der Waals surface area contributed by atoms with Gasteiger partial charge in [0.2, 0.25) is 5.91 Å². The first-order valence-electron chi connectivity index (χ1n) is 9.21. The van der Waals surface area contributed by atoms with Crippen molar-refractivity contribution in [1.29, 1.82) is 0 Å². The molecule has 0 unspecified atom stereocenters. The number of urea groups is 1. The Hall–Kier alpha value is -3.22. The number of carbonyl (C=O) groups excluding carboxylic acids is 2. The number of nitrogens with one attached hydrogen (secondary N) is 2. The van der Waals surface area contributed by atoms with Crippen molar-refractivity contribution in [3.05, 3.63) is 47.5 Å². The molecule has 2 rings (SSSR count). The van der Waals surface area contributed by atoms with Crippen LogP contribution in [0.15, 0.2) is 36.4 Å². The number of methoxy groups -OCH3 is 1. The Labute approximate surface area is 165 Å². The topological polar surface area (TPSA) is 103 Å². The van der Waals surface area contributed by atoms with Crippen molar-refractivity contribution in [3.63, 3.8) is 0 Å². The van der Waals surface area contributed by atoms with E-state index in [4.69, 9.17) is 15.2 Å². The predicted octanol–water partition coefficient (Wildman–Crippen LogP) is 4.20. The van der Waals surface area contributed by atoms with Crippen LogP contribution in [0.3, 0.4) is 0 Å². The second-order valence-corrected chi connectivity index (χ2v) is 6.42. The Bertz CT molecular complexity index is 848. The Morgan fingerprint density at radius 3 is 2.29 bits per heavy atom. The molecule has 0 aliphatic heterocycles. The smallest absolute Gasteiger partial charge is 0.319 e. The Morgan fingerprint density at radius 1 is 1.04 bits per heavy atom. The van der Waals surface area contributed by atoms with E-state index < -0.39 is 5.91 Å². The van der Waals surface area contributed by atoms with Gasteiger partial charge in [-0.25, -0.2) is 4.79 Å². The highest BCUT2D eigenvalue weighted by atomic mass is 16.5. The van der Waals surface area contributed by atoms with Crippen molar-refractivity contribution in [3.8, 4) is 17.2 Å². The Morgan fingerprint density at radius 2 is 1.71 bits per heavy atom. The molecule has 0 aromatic heterocycles. The molecule has 0 saturated carbocycles. The first kappa shape index (κ1) is 21.1. The second-order valence-electron chi connectivity index (χ2n) is 6.42. The van der Waals surface area contributed by atoms with E-state index in [1.165, 1.54) is 7.11 Å². The molecule has 0 bridgehead atoms. The van der Waals surface area contributed by atoms with E-state index in [0.717, 1.165) is 18.4 Å². The van der Waals surface area contributed by atoms with Gasteiger partial charge in [0, 0.05) is 23.4 Å². The maximum absolute atomic E-state index is 12.1. The van der Waals surface area contributed by atoms with Gasteiger partial charge in [-0.05, 0) is 55.7 Å². The molecule has 7 heteroatoms. The summed E-state index contributed by atoms with van der Waals surface area (Å²) in [5.74, 6) is 1.05. The fraction of sp³-hybridized carbons (Fsp3) is 0.333. The highest BCUT2D eigenvalue weighted by Gasteiger charge is 2.13. The Balaban J connectivity index is 2.15. The van der Waals surface area contributed by atoms with Crippen LogP contribution in [-0.4, -0.2) is 25.1 Å². The molecule has 0 radical (unpaired) electrons. The predicted molar refractivity (Wildman–Crippen MR) is 109 cm³/mol. The molecule has 2 aromatic rings. The molecule has 0 heterocycles. The molecule has 2 aromatic carbocycles. The average molecular weight is 385 g/mol. The molecule has 0 aliphatic rings. The van der Waals surface area contributed by atoms with Gasteiger partial charge in [0.05, 0.1) is 7.11 Å². The van der Waals surface area contributed by atoms with Gasteiger partial charge < -0.3 is 25.8 Å². The molecule has 7 nitrogen and oxygen atoms in total. The van der Waals surface area contributed by atoms with E-state index in [9.17, 15) is 9.59 Å². The number of anilines is 1. The van der Waals surface area contributed by atoms with Gasteiger partial charge in [0.25, 0.3) is 0 Å². The van der Waals surface area contributed by atoms with Gasteiger partial charge in [-0.1, -0.05) is 13.8 Å². The molecule has 28 heavy (non-hydrogen) atoms. The van der Waals surface area contributed by atoms with Crippen LogP contribution in [0.25, 0.3) is 0 Å². The van der Waals surface area contributed by atoms with E-state index in [2.05, 4.69) is 10.6 Å². The summed E-state index contributed by atoms with van der Waals surface area (Å²) in [5.41, 5.74) is 7.07. The van der Waals surface area contributed by atoms with Crippen LogP contribution < -0.4 is 25.8 Å². The summed E-state index contributed by atoms with van der Waals surface area (Å²) in [5, 5.41) is 5.72. The monoisotopic (exact) mass is 385 g/mol. The molecule has 0 aliphatic carbocycles.